The SMILES string of the molecule is CCS(=O)(=O)CCNCCCc1nc(-c2ccc3ncnc(Nc4ccc(OCc5cccc(F)c5)c(Cl)c4)c3c2)cs1. The highest BCUT2D eigenvalue weighted by atomic mass is 35.5. The standard InChI is InChI=1S/C31H31ClFN5O3S2/c1-2-43(39,40)14-13-34-12-4-7-30-38-28(19-42-30)22-8-10-27-25(16-22)31(36-20-35-27)37-24-9-11-29(26(32)17-24)41-18-21-5-3-6-23(33)15-21/h3,5-6,8-11,15-17,19-20,34H,2,4,7,12-14,18H2,1H3,(H,35,36,37). The number of benzene rings is 3. The number of hydrogen-bond acceptors (Lipinski definition) is 9. The van der Waals surface area contributed by atoms with E-state index in [0.717, 1.165) is 52.2 Å². The zero-order chi connectivity index (χ0) is 30.2. The summed E-state index contributed by atoms with van der Waals surface area (Å²) < 4.78 is 42.5. The number of hydrogen-bond donors (Lipinski definition) is 2. The van der Waals surface area contributed by atoms with Gasteiger partial charge in [-0.2, -0.15) is 0 Å². The van der Waals surface area contributed by atoms with Crippen molar-refractivity contribution >= 4 is 55.2 Å². The zero-order valence-electron chi connectivity index (χ0n) is 23.5. The van der Waals surface area contributed by atoms with Gasteiger partial charge in [0.1, 0.15) is 30.3 Å². The second kappa shape index (κ2) is 14.2. The highest BCUT2D eigenvalue weighted by Crippen LogP contribution is 2.32. The quantitative estimate of drug-likeness (QED) is 0.127. The van der Waals surface area contributed by atoms with Gasteiger partial charge in [0, 0.05) is 40.7 Å². The molecular formula is C31H31ClFN5O3S2. The number of aromatic nitrogens is 3. The van der Waals surface area contributed by atoms with E-state index in [1.807, 2.05) is 29.6 Å². The van der Waals surface area contributed by atoms with Crippen LogP contribution in [0.4, 0.5) is 15.9 Å². The van der Waals surface area contributed by atoms with Crippen molar-refractivity contribution in [1.82, 2.24) is 20.3 Å². The molecule has 0 aliphatic carbocycles. The van der Waals surface area contributed by atoms with Crippen LogP contribution in [-0.2, 0) is 22.9 Å². The molecule has 43 heavy (non-hydrogen) atoms. The number of aryl methyl sites for hydroxylation is 1. The smallest absolute Gasteiger partial charge is 0.151 e. The molecule has 12 heteroatoms. The Morgan fingerprint density at radius 2 is 1.93 bits per heavy atom. The summed E-state index contributed by atoms with van der Waals surface area (Å²) in [5, 5.41) is 10.8. The normalized spacial score (nSPS) is 11.6. The molecule has 0 aliphatic heterocycles. The molecule has 0 spiro atoms. The van der Waals surface area contributed by atoms with Crippen LogP contribution in [0.2, 0.25) is 5.02 Å². The molecule has 2 N–H and O–H groups in total. The molecule has 0 atom stereocenters. The van der Waals surface area contributed by atoms with Crippen molar-refractivity contribution in [3.8, 4) is 17.0 Å². The van der Waals surface area contributed by atoms with E-state index in [2.05, 4.69) is 20.6 Å². The first-order valence-electron chi connectivity index (χ1n) is 13.8. The van der Waals surface area contributed by atoms with Gasteiger partial charge in [0.2, 0.25) is 0 Å². The molecule has 2 heterocycles. The van der Waals surface area contributed by atoms with E-state index >= 15 is 0 Å². The summed E-state index contributed by atoms with van der Waals surface area (Å²) in [4.78, 5) is 13.7. The summed E-state index contributed by atoms with van der Waals surface area (Å²) in [7, 11) is -2.95. The number of sulfone groups is 1. The van der Waals surface area contributed by atoms with Gasteiger partial charge in [-0.3, -0.25) is 0 Å². The minimum atomic E-state index is -2.95. The Bertz CT molecular complexity index is 1820. The summed E-state index contributed by atoms with van der Waals surface area (Å²) in [6, 6.07) is 17.6. The molecule has 0 saturated heterocycles. The molecular weight excluding hydrogens is 609 g/mol. The third-order valence-electron chi connectivity index (χ3n) is 6.73. The lowest BCUT2D eigenvalue weighted by Crippen LogP contribution is -2.24. The number of fused-ring (bicyclic) bond motifs is 1. The van der Waals surface area contributed by atoms with Crippen LogP contribution in [0, 0.1) is 5.82 Å². The molecule has 0 saturated carbocycles. The number of ether oxygens (including phenoxy) is 1. The summed E-state index contributed by atoms with van der Waals surface area (Å²) in [6.45, 7) is 3.07. The molecule has 224 valence electrons. The lowest BCUT2D eigenvalue weighted by Gasteiger charge is -2.12. The summed E-state index contributed by atoms with van der Waals surface area (Å²) in [6.07, 6.45) is 3.19. The van der Waals surface area contributed by atoms with Crippen molar-refractivity contribution in [2.75, 3.05) is 29.9 Å². The van der Waals surface area contributed by atoms with E-state index in [1.54, 1.807) is 42.5 Å². The number of rotatable bonds is 14. The van der Waals surface area contributed by atoms with Gasteiger partial charge in [0.15, 0.2) is 9.84 Å². The highest BCUT2D eigenvalue weighted by molar-refractivity contribution is 7.91. The van der Waals surface area contributed by atoms with Gasteiger partial charge in [-0.25, -0.2) is 27.8 Å². The lowest BCUT2D eigenvalue weighted by atomic mass is 10.1. The predicted molar refractivity (Wildman–Crippen MR) is 172 cm³/mol. The first-order valence-corrected chi connectivity index (χ1v) is 16.9. The van der Waals surface area contributed by atoms with Crippen molar-refractivity contribution in [3.63, 3.8) is 0 Å². The predicted octanol–water partition coefficient (Wildman–Crippen LogP) is 6.83. The van der Waals surface area contributed by atoms with E-state index in [0.29, 0.717) is 28.7 Å². The van der Waals surface area contributed by atoms with E-state index in [9.17, 15) is 12.8 Å². The number of anilines is 2. The van der Waals surface area contributed by atoms with Crippen LogP contribution in [0.3, 0.4) is 0 Å². The number of thiazole rings is 1. The number of halogens is 2. The second-order valence-corrected chi connectivity index (χ2v) is 13.7. The van der Waals surface area contributed by atoms with E-state index in [-0.39, 0.29) is 23.9 Å². The van der Waals surface area contributed by atoms with E-state index < -0.39 is 9.84 Å². The Labute approximate surface area is 259 Å². The van der Waals surface area contributed by atoms with Gasteiger partial charge in [-0.15, -0.1) is 11.3 Å². The lowest BCUT2D eigenvalue weighted by molar-refractivity contribution is 0.306. The Hall–Kier alpha value is -3.64. The van der Waals surface area contributed by atoms with Crippen LogP contribution in [0.1, 0.15) is 23.9 Å². The fourth-order valence-electron chi connectivity index (χ4n) is 4.36. The van der Waals surface area contributed by atoms with Gasteiger partial charge in [0.25, 0.3) is 0 Å². The number of nitrogens with one attached hydrogen (secondary N) is 2. The van der Waals surface area contributed by atoms with E-state index in [4.69, 9.17) is 21.3 Å². The van der Waals surface area contributed by atoms with Crippen LogP contribution < -0.4 is 15.4 Å². The van der Waals surface area contributed by atoms with Gasteiger partial charge in [-0.1, -0.05) is 36.7 Å². The van der Waals surface area contributed by atoms with Crippen molar-refractivity contribution < 1.29 is 17.5 Å². The summed E-state index contributed by atoms with van der Waals surface area (Å²) in [5.74, 6) is 1.14. The second-order valence-electron chi connectivity index (χ2n) is 9.86. The van der Waals surface area contributed by atoms with Crippen LogP contribution in [0.15, 0.2) is 72.4 Å². The minimum Gasteiger partial charge on any atom is -0.487 e. The molecule has 5 aromatic rings. The molecule has 0 fully saturated rings. The Balaban J connectivity index is 1.22. The maximum absolute atomic E-state index is 13.5. The average molecular weight is 640 g/mol. The molecule has 5 rings (SSSR count). The highest BCUT2D eigenvalue weighted by Gasteiger charge is 2.11. The largest absolute Gasteiger partial charge is 0.487 e. The van der Waals surface area contributed by atoms with Crippen LogP contribution >= 0.6 is 22.9 Å². The van der Waals surface area contributed by atoms with Crippen molar-refractivity contribution in [2.24, 2.45) is 0 Å². The molecule has 8 nitrogen and oxygen atoms in total. The molecule has 0 radical (unpaired) electrons. The van der Waals surface area contributed by atoms with E-state index in [1.165, 1.54) is 18.5 Å². The molecule has 3 aromatic carbocycles. The maximum atomic E-state index is 13.5. The van der Waals surface area contributed by atoms with Crippen LogP contribution in [0.25, 0.3) is 22.2 Å². The van der Waals surface area contributed by atoms with Crippen LogP contribution in [0.5, 0.6) is 5.75 Å². The van der Waals surface area contributed by atoms with Crippen molar-refractivity contribution in [1.29, 1.82) is 0 Å². The summed E-state index contributed by atoms with van der Waals surface area (Å²) >= 11 is 8.10. The Morgan fingerprint density at radius 1 is 1.05 bits per heavy atom. The molecule has 2 aromatic heterocycles. The molecule has 0 unspecified atom stereocenters. The average Bonchev–Trinajstić information content (AvgIpc) is 3.47. The third kappa shape index (κ3) is 8.47. The number of nitrogens with zero attached hydrogens (tertiary/aromatic N) is 3. The molecule has 0 aliphatic rings. The third-order valence-corrected chi connectivity index (χ3v) is 9.64. The maximum Gasteiger partial charge on any atom is 0.151 e. The molecule has 0 bridgehead atoms. The zero-order valence-corrected chi connectivity index (χ0v) is 25.9. The monoisotopic (exact) mass is 639 g/mol. The van der Waals surface area contributed by atoms with Crippen molar-refractivity contribution in [3.05, 3.63) is 93.8 Å². The first kappa shape index (κ1) is 30.8. The fraction of sp³-hybridized carbons (Fsp3) is 0.258. The minimum absolute atomic E-state index is 0.165. The Kier molecular flexibility index (Phi) is 10.2. The van der Waals surface area contributed by atoms with Gasteiger partial charge in [0.05, 0.1) is 27.0 Å². The first-order chi connectivity index (χ1) is 20.8. The van der Waals surface area contributed by atoms with Gasteiger partial charge >= 0.3 is 0 Å². The topological polar surface area (TPSA) is 106 Å². The summed E-state index contributed by atoms with van der Waals surface area (Å²) in [5.41, 5.74) is 4.05. The van der Waals surface area contributed by atoms with Gasteiger partial charge < -0.3 is 15.4 Å². The molecule has 0 amide bonds. The van der Waals surface area contributed by atoms with Gasteiger partial charge in [-0.05, 0) is 61.0 Å². The Morgan fingerprint density at radius 3 is 2.74 bits per heavy atom. The fourth-order valence-corrected chi connectivity index (χ4v) is 6.18. The van der Waals surface area contributed by atoms with Crippen molar-refractivity contribution in [2.45, 2.75) is 26.4 Å². The van der Waals surface area contributed by atoms with Crippen LogP contribution in [-0.4, -0.2) is 48.0 Å².